The Hall–Kier alpha value is -2.57. The summed E-state index contributed by atoms with van der Waals surface area (Å²) in [4.78, 5) is 34.2. The van der Waals surface area contributed by atoms with Gasteiger partial charge >= 0.3 is 0 Å². The van der Waals surface area contributed by atoms with Crippen LogP contribution in [0.2, 0.25) is 0 Å². The maximum atomic E-state index is 12.9. The zero-order valence-corrected chi connectivity index (χ0v) is 12.1. The van der Waals surface area contributed by atoms with Crippen molar-refractivity contribution in [3.8, 4) is 0 Å². The Morgan fingerprint density at radius 3 is 2.86 bits per heavy atom. The summed E-state index contributed by atoms with van der Waals surface area (Å²) in [6.45, 7) is 3.15. The summed E-state index contributed by atoms with van der Waals surface area (Å²) in [5, 5.41) is 0. The van der Waals surface area contributed by atoms with E-state index in [1.165, 1.54) is 18.5 Å². The van der Waals surface area contributed by atoms with Crippen LogP contribution < -0.4 is 5.56 Å². The number of nitrogens with zero attached hydrogens (tertiary/aromatic N) is 4. The lowest BCUT2D eigenvalue weighted by Crippen LogP contribution is -2.40. The number of hydrogen-bond acceptors (Lipinski definition) is 4. The van der Waals surface area contributed by atoms with Crippen molar-refractivity contribution < 1.29 is 9.18 Å². The van der Waals surface area contributed by atoms with E-state index in [4.69, 9.17) is 0 Å². The highest BCUT2D eigenvalue weighted by Crippen LogP contribution is 2.15. The maximum Gasteiger partial charge on any atom is 0.272 e. The van der Waals surface area contributed by atoms with Gasteiger partial charge in [0, 0.05) is 18.7 Å². The molecule has 3 heterocycles. The molecule has 0 fully saturated rings. The molecule has 0 spiro atoms. The van der Waals surface area contributed by atoms with Gasteiger partial charge in [0.1, 0.15) is 11.5 Å². The van der Waals surface area contributed by atoms with Crippen molar-refractivity contribution in [3.63, 3.8) is 0 Å². The summed E-state index contributed by atoms with van der Waals surface area (Å²) in [7, 11) is 0. The van der Waals surface area contributed by atoms with Crippen molar-refractivity contribution in [2.24, 2.45) is 0 Å². The van der Waals surface area contributed by atoms with E-state index in [-0.39, 0.29) is 23.7 Å². The number of aromatic nitrogens is 3. The zero-order chi connectivity index (χ0) is 15.7. The Kier molecular flexibility index (Phi) is 3.70. The average Bonchev–Trinajstić information content (AvgIpc) is 2.55. The molecule has 0 atom stereocenters. The number of hydrogen-bond donors (Lipinski definition) is 0. The largest absolute Gasteiger partial charge is 0.331 e. The van der Waals surface area contributed by atoms with Crippen molar-refractivity contribution in [3.05, 3.63) is 57.8 Å². The second-order valence-corrected chi connectivity index (χ2v) is 5.10. The van der Waals surface area contributed by atoms with E-state index >= 15 is 0 Å². The smallest absolute Gasteiger partial charge is 0.272 e. The molecule has 0 N–H and O–H groups in total. The van der Waals surface area contributed by atoms with E-state index in [2.05, 4.69) is 9.97 Å². The van der Waals surface area contributed by atoms with E-state index in [1.807, 2.05) is 6.92 Å². The van der Waals surface area contributed by atoms with Crippen LogP contribution in [0.4, 0.5) is 4.39 Å². The quantitative estimate of drug-likeness (QED) is 0.830. The van der Waals surface area contributed by atoms with Crippen molar-refractivity contribution in [1.82, 2.24) is 19.4 Å². The van der Waals surface area contributed by atoms with Gasteiger partial charge < -0.3 is 4.90 Å². The molecule has 22 heavy (non-hydrogen) atoms. The van der Waals surface area contributed by atoms with Crippen molar-refractivity contribution in [2.45, 2.75) is 26.4 Å². The Bertz CT molecular complexity index is 770. The summed E-state index contributed by atoms with van der Waals surface area (Å²) in [5.41, 5.74) is 1.43. The van der Waals surface area contributed by atoms with Gasteiger partial charge in [0.05, 0.1) is 24.8 Å². The third-order valence-electron chi connectivity index (χ3n) is 3.77. The maximum absolute atomic E-state index is 12.9. The minimum absolute atomic E-state index is 0.0421. The molecule has 2 aromatic heterocycles. The molecule has 3 rings (SSSR count). The summed E-state index contributed by atoms with van der Waals surface area (Å²) in [6, 6.07) is 2.56. The first kappa shape index (κ1) is 14.4. The molecule has 0 saturated carbocycles. The molecule has 1 aliphatic heterocycles. The normalized spacial score (nSPS) is 13.8. The van der Waals surface area contributed by atoms with Crippen molar-refractivity contribution in [2.75, 3.05) is 6.54 Å². The summed E-state index contributed by atoms with van der Waals surface area (Å²) < 4.78 is 14.4. The van der Waals surface area contributed by atoms with Crippen LogP contribution in [0.25, 0.3) is 0 Å². The minimum atomic E-state index is -0.484. The van der Waals surface area contributed by atoms with Crippen LogP contribution in [0.15, 0.2) is 29.5 Å². The minimum Gasteiger partial charge on any atom is -0.331 e. The van der Waals surface area contributed by atoms with Gasteiger partial charge in [0.2, 0.25) is 0 Å². The predicted octanol–water partition coefficient (Wildman–Crippen LogP) is 0.996. The molecule has 0 aromatic carbocycles. The molecule has 0 bridgehead atoms. The topological polar surface area (TPSA) is 68.1 Å². The molecule has 1 amide bonds. The van der Waals surface area contributed by atoms with Crippen LogP contribution in [-0.4, -0.2) is 31.9 Å². The molecule has 2 aromatic rings. The van der Waals surface area contributed by atoms with Crippen LogP contribution in [0.5, 0.6) is 0 Å². The number of carbonyl (C=O) groups excluding carboxylic acids is 1. The Labute approximate surface area is 126 Å². The van der Waals surface area contributed by atoms with E-state index in [0.717, 1.165) is 6.20 Å². The summed E-state index contributed by atoms with van der Waals surface area (Å²) >= 11 is 0. The van der Waals surface area contributed by atoms with Crippen molar-refractivity contribution >= 4 is 5.91 Å². The molecule has 0 saturated heterocycles. The molecular formula is C15H15FN4O2. The summed E-state index contributed by atoms with van der Waals surface area (Å²) in [5.74, 6) is -0.769. The number of amides is 1. The molecule has 0 unspecified atom stereocenters. The van der Waals surface area contributed by atoms with Crippen LogP contribution in [0.3, 0.4) is 0 Å². The Balaban J connectivity index is 1.85. The number of aryl methyl sites for hydroxylation is 1. The van der Waals surface area contributed by atoms with E-state index in [9.17, 15) is 14.0 Å². The number of fused-ring (bicyclic) bond motifs is 1. The molecule has 0 aliphatic carbocycles. The molecule has 0 radical (unpaired) electrons. The van der Waals surface area contributed by atoms with Gasteiger partial charge in [-0.3, -0.25) is 14.2 Å². The highest BCUT2D eigenvalue weighted by atomic mass is 19.1. The van der Waals surface area contributed by atoms with Gasteiger partial charge in [0.25, 0.3) is 11.5 Å². The Morgan fingerprint density at radius 2 is 2.18 bits per heavy atom. The SMILES string of the molecule is CCn1cnc2c(c1=O)CCN(C(=O)c1ccc(F)cn1)C2. The van der Waals surface area contributed by atoms with Crippen molar-refractivity contribution in [1.29, 1.82) is 0 Å². The molecule has 114 valence electrons. The number of rotatable bonds is 2. The second kappa shape index (κ2) is 5.67. The fourth-order valence-electron chi connectivity index (χ4n) is 2.52. The highest BCUT2D eigenvalue weighted by Gasteiger charge is 2.25. The van der Waals surface area contributed by atoms with Crippen LogP contribution in [-0.2, 0) is 19.5 Å². The van der Waals surface area contributed by atoms with Gasteiger partial charge in [-0.2, -0.15) is 0 Å². The fourth-order valence-corrected chi connectivity index (χ4v) is 2.52. The molecular weight excluding hydrogens is 287 g/mol. The zero-order valence-electron chi connectivity index (χ0n) is 12.1. The van der Waals surface area contributed by atoms with Crippen LogP contribution in [0.1, 0.15) is 28.7 Å². The van der Waals surface area contributed by atoms with E-state index in [1.54, 1.807) is 9.47 Å². The third-order valence-corrected chi connectivity index (χ3v) is 3.77. The highest BCUT2D eigenvalue weighted by molar-refractivity contribution is 5.92. The fraction of sp³-hybridized carbons (Fsp3) is 0.333. The average molecular weight is 302 g/mol. The second-order valence-electron chi connectivity index (χ2n) is 5.10. The summed E-state index contributed by atoms with van der Waals surface area (Å²) in [6.07, 6.45) is 2.99. The first-order valence-electron chi connectivity index (χ1n) is 7.08. The van der Waals surface area contributed by atoms with Gasteiger partial charge in [-0.05, 0) is 25.5 Å². The first-order chi connectivity index (χ1) is 10.6. The van der Waals surface area contributed by atoms with Crippen LogP contribution in [0, 0.1) is 5.82 Å². The molecule has 7 heteroatoms. The first-order valence-corrected chi connectivity index (χ1v) is 7.08. The monoisotopic (exact) mass is 302 g/mol. The van der Waals surface area contributed by atoms with E-state index < -0.39 is 5.82 Å². The predicted molar refractivity (Wildman–Crippen MR) is 76.8 cm³/mol. The standard InChI is InChI=1S/C15H15FN4O2/c1-2-19-9-18-13-8-20(6-5-11(13)14(19)21)15(22)12-4-3-10(16)7-17-12/h3-4,7,9H,2,5-6,8H2,1H3. The molecule has 1 aliphatic rings. The van der Waals surface area contributed by atoms with Gasteiger partial charge in [-0.25, -0.2) is 14.4 Å². The van der Waals surface area contributed by atoms with E-state index in [0.29, 0.717) is 30.8 Å². The lowest BCUT2D eigenvalue weighted by atomic mass is 10.1. The van der Waals surface area contributed by atoms with Gasteiger partial charge in [0.15, 0.2) is 0 Å². The lowest BCUT2D eigenvalue weighted by Gasteiger charge is -2.27. The Morgan fingerprint density at radius 1 is 1.36 bits per heavy atom. The van der Waals surface area contributed by atoms with Crippen LogP contribution >= 0.6 is 0 Å². The van der Waals surface area contributed by atoms with Gasteiger partial charge in [-0.15, -0.1) is 0 Å². The number of carbonyl (C=O) groups is 1. The number of halogens is 1. The van der Waals surface area contributed by atoms with Gasteiger partial charge in [-0.1, -0.05) is 0 Å². The lowest BCUT2D eigenvalue weighted by molar-refractivity contribution is 0.0725. The molecule has 6 nitrogen and oxygen atoms in total. The third kappa shape index (κ3) is 2.49. The number of pyridine rings is 1.